The van der Waals surface area contributed by atoms with Crippen LogP contribution in [0.3, 0.4) is 0 Å². The molecule has 0 saturated carbocycles. The lowest BCUT2D eigenvalue weighted by Crippen LogP contribution is -2.52. The summed E-state index contributed by atoms with van der Waals surface area (Å²) in [5, 5.41) is 3.34. The zero-order valence-electron chi connectivity index (χ0n) is 18.6. The molecule has 0 amide bonds. The number of esters is 1. The number of hydrogen-bond acceptors (Lipinski definition) is 6. The summed E-state index contributed by atoms with van der Waals surface area (Å²) in [6.45, 7) is 3.50. The Morgan fingerprint density at radius 3 is 2.36 bits per heavy atom. The first kappa shape index (κ1) is 21.5. The second-order valence-corrected chi connectivity index (χ2v) is 8.76. The molecule has 0 aliphatic carbocycles. The molecule has 4 heterocycles. The summed E-state index contributed by atoms with van der Waals surface area (Å²) in [5.41, 5.74) is 2.68. The van der Waals surface area contributed by atoms with Gasteiger partial charge in [-0.15, -0.1) is 0 Å². The van der Waals surface area contributed by atoms with Crippen molar-refractivity contribution in [3.8, 4) is 5.88 Å². The topological polar surface area (TPSA) is 63.7 Å². The Balaban J connectivity index is 1.30. The zero-order valence-corrected chi connectivity index (χ0v) is 18.6. The number of anilines is 1. The van der Waals surface area contributed by atoms with E-state index in [1.54, 1.807) is 12.3 Å². The van der Waals surface area contributed by atoms with Crippen molar-refractivity contribution in [2.45, 2.75) is 31.6 Å². The quantitative estimate of drug-likeness (QED) is 0.519. The predicted octanol–water partition coefficient (Wildman–Crippen LogP) is 4.45. The molecule has 2 atom stereocenters. The normalized spacial score (nSPS) is 22.4. The van der Waals surface area contributed by atoms with Crippen molar-refractivity contribution in [2.75, 3.05) is 25.0 Å². The van der Waals surface area contributed by atoms with Gasteiger partial charge >= 0.3 is 5.97 Å². The van der Waals surface area contributed by atoms with E-state index < -0.39 is 6.04 Å². The minimum Gasteiger partial charge on any atom is -0.473 e. The Morgan fingerprint density at radius 1 is 1.00 bits per heavy atom. The van der Waals surface area contributed by atoms with Gasteiger partial charge in [-0.3, -0.25) is 4.90 Å². The number of pyridine rings is 1. The molecule has 1 aromatic heterocycles. The van der Waals surface area contributed by atoms with Gasteiger partial charge in [0.05, 0.1) is 0 Å². The average molecular weight is 444 g/mol. The van der Waals surface area contributed by atoms with E-state index in [0.717, 1.165) is 49.3 Å². The van der Waals surface area contributed by atoms with Crippen LogP contribution in [0.2, 0.25) is 0 Å². The lowest BCUT2D eigenvalue weighted by molar-refractivity contribution is -0.159. The Labute approximate surface area is 194 Å². The van der Waals surface area contributed by atoms with Crippen LogP contribution in [0, 0.1) is 5.92 Å². The monoisotopic (exact) mass is 443 g/mol. The Morgan fingerprint density at radius 2 is 1.73 bits per heavy atom. The van der Waals surface area contributed by atoms with Crippen molar-refractivity contribution in [2.24, 2.45) is 5.92 Å². The maximum atomic E-state index is 13.3. The molecular weight excluding hydrogens is 414 g/mol. The molecule has 0 radical (unpaired) electrons. The zero-order chi connectivity index (χ0) is 22.5. The average Bonchev–Trinajstić information content (AvgIpc) is 2.88. The van der Waals surface area contributed by atoms with Gasteiger partial charge in [-0.2, -0.15) is 0 Å². The third-order valence-electron chi connectivity index (χ3n) is 6.51. The van der Waals surface area contributed by atoms with Gasteiger partial charge in [-0.25, -0.2) is 9.78 Å². The lowest BCUT2D eigenvalue weighted by Gasteiger charge is -2.44. The summed E-state index contributed by atoms with van der Waals surface area (Å²) in [4.78, 5) is 20.2. The maximum absolute atomic E-state index is 13.3. The first-order chi connectivity index (χ1) is 16.2. The van der Waals surface area contributed by atoms with Gasteiger partial charge in [0.25, 0.3) is 0 Å². The number of para-hydroxylation sites is 1. The molecule has 3 fully saturated rings. The summed E-state index contributed by atoms with van der Waals surface area (Å²) in [5.74, 6) is 0.715. The third kappa shape index (κ3) is 5.34. The van der Waals surface area contributed by atoms with E-state index in [0.29, 0.717) is 18.4 Å². The van der Waals surface area contributed by atoms with Crippen LogP contribution in [0.25, 0.3) is 0 Å². The molecule has 3 aliphatic rings. The molecule has 3 saturated heterocycles. The molecule has 3 aliphatic heterocycles. The van der Waals surface area contributed by atoms with Crippen LogP contribution >= 0.6 is 0 Å². The van der Waals surface area contributed by atoms with E-state index in [1.165, 1.54) is 0 Å². The fourth-order valence-electron chi connectivity index (χ4n) is 4.62. The number of fused-ring (bicyclic) bond motifs is 3. The Bertz CT molecular complexity index is 1040. The molecule has 33 heavy (non-hydrogen) atoms. The molecule has 3 aromatic rings. The standard InChI is InChI=1S/C27H29N3O3/c31-27(33-24-18-30-15-13-21(24)14-16-30)26(29-23-9-5-2-6-10-23)22-11-12-25(28-17-22)32-19-20-7-3-1-4-8-20/h1-12,17,21,24,26,29H,13-16,18-19H2. The van der Waals surface area contributed by atoms with Gasteiger partial charge in [-0.1, -0.05) is 48.5 Å². The van der Waals surface area contributed by atoms with Crippen molar-refractivity contribution in [3.63, 3.8) is 0 Å². The highest BCUT2D eigenvalue weighted by Crippen LogP contribution is 2.31. The summed E-state index contributed by atoms with van der Waals surface area (Å²) < 4.78 is 11.9. The van der Waals surface area contributed by atoms with E-state index in [9.17, 15) is 4.79 Å². The number of carbonyl (C=O) groups is 1. The molecule has 1 N–H and O–H groups in total. The van der Waals surface area contributed by atoms with Crippen molar-refractivity contribution < 1.29 is 14.3 Å². The number of nitrogens with one attached hydrogen (secondary N) is 1. The number of ether oxygens (including phenoxy) is 2. The van der Waals surface area contributed by atoms with Gasteiger partial charge in [0, 0.05) is 30.1 Å². The van der Waals surface area contributed by atoms with Gasteiger partial charge < -0.3 is 14.8 Å². The van der Waals surface area contributed by atoms with Crippen molar-refractivity contribution in [1.82, 2.24) is 9.88 Å². The second-order valence-electron chi connectivity index (χ2n) is 8.76. The summed E-state index contributed by atoms with van der Waals surface area (Å²) >= 11 is 0. The fraction of sp³-hybridized carbons (Fsp3) is 0.333. The SMILES string of the molecule is O=C(OC1CN2CCC1CC2)C(Nc1ccccc1)c1ccc(OCc2ccccc2)nc1. The molecule has 2 bridgehead atoms. The summed E-state index contributed by atoms with van der Waals surface area (Å²) in [6.07, 6.45) is 3.85. The predicted molar refractivity (Wildman–Crippen MR) is 127 cm³/mol. The van der Waals surface area contributed by atoms with E-state index in [-0.39, 0.29) is 12.1 Å². The van der Waals surface area contributed by atoms with E-state index in [4.69, 9.17) is 9.47 Å². The summed E-state index contributed by atoms with van der Waals surface area (Å²) in [6, 6.07) is 22.7. The first-order valence-corrected chi connectivity index (χ1v) is 11.6. The number of benzene rings is 2. The van der Waals surface area contributed by atoms with Crippen LogP contribution in [0.15, 0.2) is 79.0 Å². The number of aromatic nitrogens is 1. The number of hydrogen-bond donors (Lipinski definition) is 1. The Kier molecular flexibility index (Phi) is 6.53. The number of piperidine rings is 3. The van der Waals surface area contributed by atoms with Crippen LogP contribution in [0.4, 0.5) is 5.69 Å². The fourth-order valence-corrected chi connectivity index (χ4v) is 4.62. The van der Waals surface area contributed by atoms with Crippen molar-refractivity contribution in [1.29, 1.82) is 0 Å². The van der Waals surface area contributed by atoms with Crippen LogP contribution < -0.4 is 10.1 Å². The minimum absolute atomic E-state index is 0.0403. The first-order valence-electron chi connectivity index (χ1n) is 11.6. The van der Waals surface area contributed by atoms with E-state index in [1.807, 2.05) is 66.7 Å². The molecule has 6 nitrogen and oxygen atoms in total. The van der Waals surface area contributed by atoms with Gasteiger partial charge in [0.2, 0.25) is 5.88 Å². The van der Waals surface area contributed by atoms with Gasteiger partial charge in [-0.05, 0) is 55.6 Å². The highest BCUT2D eigenvalue weighted by Gasteiger charge is 2.38. The van der Waals surface area contributed by atoms with Crippen molar-refractivity contribution in [3.05, 3.63) is 90.1 Å². The third-order valence-corrected chi connectivity index (χ3v) is 6.51. The number of nitrogens with zero attached hydrogens (tertiary/aromatic N) is 2. The maximum Gasteiger partial charge on any atom is 0.333 e. The molecule has 0 spiro atoms. The highest BCUT2D eigenvalue weighted by molar-refractivity contribution is 5.81. The highest BCUT2D eigenvalue weighted by atomic mass is 16.5. The number of rotatable bonds is 8. The van der Waals surface area contributed by atoms with Crippen LogP contribution in [0.1, 0.15) is 30.0 Å². The van der Waals surface area contributed by atoms with Crippen molar-refractivity contribution >= 4 is 11.7 Å². The molecule has 2 aromatic carbocycles. The largest absolute Gasteiger partial charge is 0.473 e. The molecule has 6 rings (SSSR count). The molecule has 2 unspecified atom stereocenters. The lowest BCUT2D eigenvalue weighted by atomic mass is 9.86. The summed E-state index contributed by atoms with van der Waals surface area (Å²) in [7, 11) is 0. The Hall–Kier alpha value is -3.38. The smallest absolute Gasteiger partial charge is 0.333 e. The second kappa shape index (κ2) is 10.0. The minimum atomic E-state index is -0.640. The van der Waals surface area contributed by atoms with E-state index in [2.05, 4.69) is 15.2 Å². The van der Waals surface area contributed by atoms with Crippen LogP contribution in [-0.4, -0.2) is 41.6 Å². The van der Waals surface area contributed by atoms with Gasteiger partial charge in [0.15, 0.2) is 6.04 Å². The van der Waals surface area contributed by atoms with Crippen LogP contribution in [-0.2, 0) is 16.1 Å². The molecule has 170 valence electrons. The molecular formula is C27H29N3O3. The van der Waals surface area contributed by atoms with Crippen LogP contribution in [0.5, 0.6) is 5.88 Å². The number of carbonyl (C=O) groups excluding carboxylic acids is 1. The van der Waals surface area contributed by atoms with Gasteiger partial charge in [0.1, 0.15) is 12.7 Å². The molecule has 6 heteroatoms. The van der Waals surface area contributed by atoms with E-state index >= 15 is 0 Å².